The molecule has 88 valence electrons. The highest BCUT2D eigenvalue weighted by atomic mass is 15.2. The number of rotatable bonds is 3. The molecule has 2 aliphatic heterocycles. The van der Waals surface area contributed by atoms with E-state index in [1.54, 1.807) is 0 Å². The molecule has 2 heteroatoms. The van der Waals surface area contributed by atoms with Crippen LogP contribution in [-0.4, -0.2) is 36.1 Å². The number of nitrogens with one attached hydrogen (secondary N) is 1. The number of hydrogen-bond donors (Lipinski definition) is 1. The molecule has 2 atom stereocenters. The Kier molecular flexibility index (Phi) is 3.68. The zero-order chi connectivity index (χ0) is 10.7. The van der Waals surface area contributed by atoms with Crippen LogP contribution in [0.5, 0.6) is 0 Å². The maximum atomic E-state index is 3.85. The topological polar surface area (TPSA) is 15.3 Å². The fourth-order valence-corrected chi connectivity index (χ4v) is 3.64. The van der Waals surface area contributed by atoms with Gasteiger partial charge in [0, 0.05) is 11.6 Å². The zero-order valence-corrected chi connectivity index (χ0v) is 10.4. The number of hydrogen-bond acceptors (Lipinski definition) is 2. The predicted molar refractivity (Wildman–Crippen MR) is 65.1 cm³/mol. The van der Waals surface area contributed by atoms with Crippen molar-refractivity contribution in [2.24, 2.45) is 0 Å². The molecule has 0 aromatic rings. The summed E-state index contributed by atoms with van der Waals surface area (Å²) in [7, 11) is 0. The van der Waals surface area contributed by atoms with Gasteiger partial charge in [-0.2, -0.15) is 0 Å². The largest absolute Gasteiger partial charge is 0.310 e. The minimum atomic E-state index is 0.449. The zero-order valence-electron chi connectivity index (χ0n) is 10.4. The van der Waals surface area contributed by atoms with E-state index in [0.717, 1.165) is 6.04 Å². The molecule has 0 aromatic heterocycles. The highest BCUT2D eigenvalue weighted by molar-refractivity contribution is 5.02. The average molecular weight is 210 g/mol. The number of nitrogens with zero attached hydrogens (tertiary/aromatic N) is 1. The lowest BCUT2D eigenvalue weighted by Crippen LogP contribution is -2.60. The van der Waals surface area contributed by atoms with Crippen molar-refractivity contribution in [3.05, 3.63) is 0 Å². The number of likely N-dealkylation sites (tertiary alicyclic amines) is 1. The quantitative estimate of drug-likeness (QED) is 0.769. The van der Waals surface area contributed by atoms with Crippen molar-refractivity contribution in [3.8, 4) is 0 Å². The van der Waals surface area contributed by atoms with Gasteiger partial charge in [0.25, 0.3) is 0 Å². The lowest BCUT2D eigenvalue weighted by atomic mass is 9.79. The number of likely N-dealkylation sites (N-methyl/N-ethyl adjacent to an activating group) is 1. The molecule has 2 nitrogen and oxygen atoms in total. The van der Waals surface area contributed by atoms with Crippen molar-refractivity contribution in [1.82, 2.24) is 10.2 Å². The summed E-state index contributed by atoms with van der Waals surface area (Å²) < 4.78 is 0. The van der Waals surface area contributed by atoms with Gasteiger partial charge in [-0.25, -0.2) is 0 Å². The Balaban J connectivity index is 2.09. The molecule has 0 radical (unpaired) electrons. The van der Waals surface area contributed by atoms with Crippen LogP contribution in [-0.2, 0) is 0 Å². The monoisotopic (exact) mass is 210 g/mol. The maximum Gasteiger partial charge on any atom is 0.0334 e. The first kappa shape index (κ1) is 11.4. The molecule has 2 aliphatic rings. The lowest BCUT2D eigenvalue weighted by molar-refractivity contribution is 0.104. The van der Waals surface area contributed by atoms with Crippen LogP contribution < -0.4 is 5.32 Å². The lowest BCUT2D eigenvalue weighted by Gasteiger charge is -2.46. The molecule has 2 fully saturated rings. The highest BCUT2D eigenvalue weighted by Crippen LogP contribution is 2.34. The van der Waals surface area contributed by atoms with Gasteiger partial charge in [-0.1, -0.05) is 20.3 Å². The fourth-order valence-electron chi connectivity index (χ4n) is 3.64. The summed E-state index contributed by atoms with van der Waals surface area (Å²) >= 11 is 0. The van der Waals surface area contributed by atoms with E-state index in [0.29, 0.717) is 5.54 Å². The SMILES string of the molecule is CCN1CCCC1C1(CC)CCCCN1. The summed E-state index contributed by atoms with van der Waals surface area (Å²) in [6, 6.07) is 0.813. The van der Waals surface area contributed by atoms with Crippen LogP contribution in [0.2, 0.25) is 0 Å². The summed E-state index contributed by atoms with van der Waals surface area (Å²) in [5.41, 5.74) is 0.449. The molecular formula is C13H26N2. The van der Waals surface area contributed by atoms with Gasteiger partial charge in [0.15, 0.2) is 0 Å². The van der Waals surface area contributed by atoms with Crippen molar-refractivity contribution < 1.29 is 0 Å². The van der Waals surface area contributed by atoms with Crippen molar-refractivity contribution in [2.45, 2.75) is 64.0 Å². The van der Waals surface area contributed by atoms with Crippen LogP contribution in [0.3, 0.4) is 0 Å². The molecule has 2 rings (SSSR count). The molecule has 2 unspecified atom stereocenters. The summed E-state index contributed by atoms with van der Waals surface area (Å²) in [6.45, 7) is 8.47. The molecule has 2 heterocycles. The van der Waals surface area contributed by atoms with E-state index in [1.807, 2.05) is 0 Å². The first-order valence-corrected chi connectivity index (χ1v) is 6.81. The van der Waals surface area contributed by atoms with E-state index in [2.05, 4.69) is 24.1 Å². The van der Waals surface area contributed by atoms with E-state index in [4.69, 9.17) is 0 Å². The summed E-state index contributed by atoms with van der Waals surface area (Å²) in [6.07, 6.45) is 8.31. The van der Waals surface area contributed by atoms with Crippen molar-refractivity contribution in [1.29, 1.82) is 0 Å². The van der Waals surface area contributed by atoms with Crippen molar-refractivity contribution in [2.75, 3.05) is 19.6 Å². The molecule has 0 aromatic carbocycles. The predicted octanol–water partition coefficient (Wildman–Crippen LogP) is 2.39. The molecule has 1 N–H and O–H groups in total. The smallest absolute Gasteiger partial charge is 0.0334 e. The molecule has 0 saturated carbocycles. The highest BCUT2D eigenvalue weighted by Gasteiger charge is 2.42. The van der Waals surface area contributed by atoms with Gasteiger partial charge in [0.2, 0.25) is 0 Å². The van der Waals surface area contributed by atoms with Crippen LogP contribution >= 0.6 is 0 Å². The Morgan fingerprint density at radius 1 is 1.27 bits per heavy atom. The Bertz CT molecular complexity index is 197. The summed E-state index contributed by atoms with van der Waals surface area (Å²) in [5, 5.41) is 3.85. The first-order chi connectivity index (χ1) is 7.32. The number of piperidine rings is 1. The minimum Gasteiger partial charge on any atom is -0.310 e. The van der Waals surface area contributed by atoms with Gasteiger partial charge in [-0.3, -0.25) is 4.90 Å². The normalized spacial score (nSPS) is 38.4. The first-order valence-electron chi connectivity index (χ1n) is 6.81. The Hall–Kier alpha value is -0.0800. The third-order valence-corrected chi connectivity index (χ3v) is 4.57. The van der Waals surface area contributed by atoms with Crippen LogP contribution in [0.4, 0.5) is 0 Å². The second-order valence-corrected chi connectivity index (χ2v) is 5.18. The van der Waals surface area contributed by atoms with Crippen LogP contribution in [0.25, 0.3) is 0 Å². The van der Waals surface area contributed by atoms with Crippen molar-refractivity contribution in [3.63, 3.8) is 0 Å². The second kappa shape index (κ2) is 4.84. The molecule has 0 bridgehead atoms. The second-order valence-electron chi connectivity index (χ2n) is 5.18. The molecule has 0 aliphatic carbocycles. The van der Waals surface area contributed by atoms with Crippen LogP contribution in [0, 0.1) is 0 Å². The molecule has 15 heavy (non-hydrogen) atoms. The van der Waals surface area contributed by atoms with Crippen LogP contribution in [0.1, 0.15) is 52.4 Å². The van der Waals surface area contributed by atoms with Gasteiger partial charge in [0.1, 0.15) is 0 Å². The molecule has 0 amide bonds. The van der Waals surface area contributed by atoms with E-state index >= 15 is 0 Å². The van der Waals surface area contributed by atoms with Gasteiger partial charge >= 0.3 is 0 Å². The average Bonchev–Trinajstić information content (AvgIpc) is 2.78. The summed E-state index contributed by atoms with van der Waals surface area (Å²) in [5.74, 6) is 0. The minimum absolute atomic E-state index is 0.449. The standard InChI is InChI=1S/C13H26N2/c1-3-13(9-5-6-10-14-13)12-8-7-11-15(12)4-2/h12,14H,3-11H2,1-2H3. The van der Waals surface area contributed by atoms with Crippen LogP contribution in [0.15, 0.2) is 0 Å². The Morgan fingerprint density at radius 3 is 2.73 bits per heavy atom. The molecule has 2 saturated heterocycles. The third kappa shape index (κ3) is 2.07. The van der Waals surface area contributed by atoms with Gasteiger partial charge in [-0.15, -0.1) is 0 Å². The molecular weight excluding hydrogens is 184 g/mol. The van der Waals surface area contributed by atoms with Gasteiger partial charge < -0.3 is 5.32 Å². The fraction of sp³-hybridized carbons (Fsp3) is 1.00. The molecule has 0 spiro atoms. The maximum absolute atomic E-state index is 3.85. The van der Waals surface area contributed by atoms with Gasteiger partial charge in [-0.05, 0) is 51.7 Å². The van der Waals surface area contributed by atoms with E-state index in [-0.39, 0.29) is 0 Å². The third-order valence-electron chi connectivity index (χ3n) is 4.57. The summed E-state index contributed by atoms with van der Waals surface area (Å²) in [4.78, 5) is 2.70. The Labute approximate surface area is 94.4 Å². The van der Waals surface area contributed by atoms with Crippen molar-refractivity contribution >= 4 is 0 Å². The van der Waals surface area contributed by atoms with E-state index in [9.17, 15) is 0 Å². The Morgan fingerprint density at radius 2 is 2.13 bits per heavy atom. The van der Waals surface area contributed by atoms with E-state index in [1.165, 1.54) is 58.2 Å². The van der Waals surface area contributed by atoms with E-state index < -0.39 is 0 Å². The van der Waals surface area contributed by atoms with Gasteiger partial charge in [0.05, 0.1) is 0 Å².